The van der Waals surface area contributed by atoms with E-state index < -0.39 is 0 Å². The second-order valence-corrected chi connectivity index (χ2v) is 10.7. The van der Waals surface area contributed by atoms with Crippen LogP contribution in [-0.4, -0.2) is 47.8 Å². The molecule has 0 aromatic heterocycles. The van der Waals surface area contributed by atoms with Crippen molar-refractivity contribution in [3.8, 4) is 0 Å². The molecule has 1 atom stereocenters. The monoisotopic (exact) mass is 479 g/mol. The highest BCUT2D eigenvalue weighted by atomic mass is 35.5. The highest BCUT2D eigenvalue weighted by molar-refractivity contribution is 6.30. The van der Waals surface area contributed by atoms with Crippen molar-refractivity contribution in [1.82, 2.24) is 15.1 Å². The Morgan fingerprint density at radius 1 is 1.00 bits per heavy atom. The summed E-state index contributed by atoms with van der Waals surface area (Å²) < 4.78 is 0. The van der Waals surface area contributed by atoms with Gasteiger partial charge in [0.2, 0.25) is 11.8 Å². The van der Waals surface area contributed by atoms with Crippen molar-refractivity contribution in [3.63, 3.8) is 0 Å². The smallest absolute Gasteiger partial charge is 0.229 e. The van der Waals surface area contributed by atoms with Crippen LogP contribution in [-0.2, 0) is 16.1 Å². The molecule has 2 aliphatic heterocycles. The first-order valence-electron chi connectivity index (χ1n) is 12.6. The Morgan fingerprint density at radius 2 is 1.68 bits per heavy atom. The van der Waals surface area contributed by atoms with E-state index in [9.17, 15) is 9.59 Å². The fourth-order valence-electron chi connectivity index (χ4n) is 5.48. The van der Waals surface area contributed by atoms with Gasteiger partial charge in [-0.15, -0.1) is 0 Å². The third kappa shape index (κ3) is 5.31. The van der Waals surface area contributed by atoms with Gasteiger partial charge in [-0.2, -0.15) is 0 Å². The van der Waals surface area contributed by atoms with Crippen molar-refractivity contribution in [3.05, 3.63) is 70.7 Å². The molecule has 1 aliphatic carbocycles. The largest absolute Gasteiger partial charge is 0.349 e. The van der Waals surface area contributed by atoms with E-state index in [0.29, 0.717) is 12.5 Å². The summed E-state index contributed by atoms with van der Waals surface area (Å²) in [6.07, 6.45) is 5.74. The summed E-state index contributed by atoms with van der Waals surface area (Å²) >= 11 is 6.00. The van der Waals surface area contributed by atoms with Gasteiger partial charge in [-0.3, -0.25) is 9.59 Å². The first-order valence-corrected chi connectivity index (χ1v) is 13.0. The standard InChI is InChI=1S/C28H34ClN3O2/c29-24-10-6-21(7-11-24)20-32-19-15-28(27(32)34)13-17-31(18-14-28)16-12-25(22-4-2-1-3-5-22)30-26(33)23-8-9-23/h1-7,10-11,23,25H,8-9,12-20H2,(H,30,33)/t25-/m0/s1. The number of amides is 2. The predicted octanol–water partition coefficient (Wildman–Crippen LogP) is 4.81. The van der Waals surface area contributed by atoms with Crippen molar-refractivity contribution < 1.29 is 9.59 Å². The average molecular weight is 480 g/mol. The van der Waals surface area contributed by atoms with Crippen molar-refractivity contribution in [2.45, 2.75) is 51.1 Å². The number of rotatable bonds is 8. The Labute approximate surface area is 207 Å². The van der Waals surface area contributed by atoms with E-state index in [4.69, 9.17) is 11.6 Å². The average Bonchev–Trinajstić information content (AvgIpc) is 3.68. The molecule has 2 saturated heterocycles. The van der Waals surface area contributed by atoms with Crippen LogP contribution in [0, 0.1) is 11.3 Å². The molecule has 34 heavy (non-hydrogen) atoms. The van der Waals surface area contributed by atoms with Crippen LogP contribution in [0.4, 0.5) is 0 Å². The minimum absolute atomic E-state index is 0.0492. The number of hydrogen-bond acceptors (Lipinski definition) is 3. The van der Waals surface area contributed by atoms with Crippen LogP contribution in [0.5, 0.6) is 0 Å². The number of nitrogens with zero attached hydrogens (tertiary/aromatic N) is 2. The van der Waals surface area contributed by atoms with E-state index >= 15 is 0 Å². The van der Waals surface area contributed by atoms with Gasteiger partial charge in [-0.25, -0.2) is 0 Å². The number of benzene rings is 2. The lowest BCUT2D eigenvalue weighted by Crippen LogP contribution is -2.45. The molecule has 1 saturated carbocycles. The minimum Gasteiger partial charge on any atom is -0.349 e. The molecule has 3 aliphatic rings. The third-order valence-electron chi connectivity index (χ3n) is 7.90. The molecule has 0 radical (unpaired) electrons. The molecule has 0 unspecified atom stereocenters. The van der Waals surface area contributed by atoms with Gasteiger partial charge in [-0.1, -0.05) is 54.1 Å². The Bertz CT molecular complexity index is 998. The first-order chi connectivity index (χ1) is 16.5. The molecule has 180 valence electrons. The lowest BCUT2D eigenvalue weighted by atomic mass is 9.77. The quantitative estimate of drug-likeness (QED) is 0.591. The second kappa shape index (κ2) is 10.1. The van der Waals surface area contributed by atoms with Crippen LogP contribution in [0.2, 0.25) is 5.02 Å². The maximum Gasteiger partial charge on any atom is 0.229 e. The zero-order valence-electron chi connectivity index (χ0n) is 19.7. The normalized spacial score (nSPS) is 21.1. The van der Waals surface area contributed by atoms with Crippen LogP contribution in [0.25, 0.3) is 0 Å². The fourth-order valence-corrected chi connectivity index (χ4v) is 5.60. The van der Waals surface area contributed by atoms with Gasteiger partial charge in [0.05, 0.1) is 11.5 Å². The summed E-state index contributed by atoms with van der Waals surface area (Å²) in [5.74, 6) is 0.731. The molecular weight excluding hydrogens is 446 g/mol. The van der Waals surface area contributed by atoms with E-state index in [0.717, 1.165) is 75.3 Å². The molecule has 6 heteroatoms. The molecule has 0 bridgehead atoms. The van der Waals surface area contributed by atoms with Crippen LogP contribution in [0.1, 0.15) is 55.7 Å². The zero-order valence-corrected chi connectivity index (χ0v) is 20.5. The highest BCUT2D eigenvalue weighted by Gasteiger charge is 2.47. The molecule has 1 N–H and O–H groups in total. The maximum absolute atomic E-state index is 13.3. The van der Waals surface area contributed by atoms with E-state index in [2.05, 4.69) is 22.3 Å². The third-order valence-corrected chi connectivity index (χ3v) is 8.15. The molecule has 2 aromatic carbocycles. The zero-order chi connectivity index (χ0) is 23.5. The predicted molar refractivity (Wildman–Crippen MR) is 134 cm³/mol. The van der Waals surface area contributed by atoms with Crippen molar-refractivity contribution in [2.75, 3.05) is 26.2 Å². The van der Waals surface area contributed by atoms with Crippen molar-refractivity contribution in [1.29, 1.82) is 0 Å². The Balaban J connectivity index is 1.14. The number of nitrogens with one attached hydrogen (secondary N) is 1. The van der Waals surface area contributed by atoms with E-state index in [1.165, 1.54) is 5.56 Å². The number of likely N-dealkylation sites (tertiary alicyclic amines) is 2. The number of carbonyl (C=O) groups excluding carboxylic acids is 2. The number of halogens is 1. The highest BCUT2D eigenvalue weighted by Crippen LogP contribution is 2.42. The maximum atomic E-state index is 13.3. The summed E-state index contributed by atoms with van der Waals surface area (Å²) in [4.78, 5) is 30.3. The molecule has 3 fully saturated rings. The summed E-state index contributed by atoms with van der Waals surface area (Å²) in [5.41, 5.74) is 2.11. The van der Waals surface area contributed by atoms with Gasteiger partial charge in [0, 0.05) is 30.6 Å². The Kier molecular flexibility index (Phi) is 6.94. The Morgan fingerprint density at radius 3 is 2.35 bits per heavy atom. The van der Waals surface area contributed by atoms with E-state index in [-0.39, 0.29) is 23.3 Å². The molecule has 2 aromatic rings. The van der Waals surface area contributed by atoms with Crippen LogP contribution in [0.3, 0.4) is 0 Å². The molecular formula is C28H34ClN3O2. The van der Waals surface area contributed by atoms with Crippen LogP contribution >= 0.6 is 11.6 Å². The summed E-state index contributed by atoms with van der Waals surface area (Å²) in [6.45, 7) is 4.33. The van der Waals surface area contributed by atoms with Crippen LogP contribution in [0.15, 0.2) is 54.6 Å². The second-order valence-electron chi connectivity index (χ2n) is 10.3. The SMILES string of the molecule is O=C(N[C@@H](CCN1CCC2(CC1)CCN(Cc1ccc(Cl)cc1)C2=O)c1ccccc1)C1CC1. The molecule has 5 rings (SSSR count). The first kappa shape index (κ1) is 23.4. The van der Waals surface area contributed by atoms with Gasteiger partial charge >= 0.3 is 0 Å². The number of hydrogen-bond donors (Lipinski definition) is 1. The lowest BCUT2D eigenvalue weighted by Gasteiger charge is -2.38. The van der Waals surface area contributed by atoms with Gasteiger partial charge in [0.15, 0.2) is 0 Å². The summed E-state index contributed by atoms with van der Waals surface area (Å²) in [5, 5.41) is 4.01. The molecule has 2 amide bonds. The van der Waals surface area contributed by atoms with E-state index in [1.54, 1.807) is 0 Å². The van der Waals surface area contributed by atoms with E-state index in [1.807, 2.05) is 47.4 Å². The topological polar surface area (TPSA) is 52.7 Å². The van der Waals surface area contributed by atoms with Gasteiger partial charge < -0.3 is 15.1 Å². The van der Waals surface area contributed by atoms with Gasteiger partial charge in [-0.05, 0) is 74.9 Å². The number of piperidine rings is 1. The van der Waals surface area contributed by atoms with Gasteiger partial charge in [0.25, 0.3) is 0 Å². The minimum atomic E-state index is -0.193. The molecule has 5 nitrogen and oxygen atoms in total. The summed E-state index contributed by atoms with van der Waals surface area (Å²) in [6, 6.07) is 18.2. The molecule has 2 heterocycles. The van der Waals surface area contributed by atoms with Crippen molar-refractivity contribution >= 4 is 23.4 Å². The molecule has 1 spiro atoms. The summed E-state index contributed by atoms with van der Waals surface area (Å²) in [7, 11) is 0. The number of carbonyl (C=O) groups is 2. The lowest BCUT2D eigenvalue weighted by molar-refractivity contribution is -0.139. The Hall–Kier alpha value is -2.37. The van der Waals surface area contributed by atoms with Crippen molar-refractivity contribution in [2.24, 2.45) is 11.3 Å². The fraction of sp³-hybridized carbons (Fsp3) is 0.500. The van der Waals surface area contributed by atoms with Gasteiger partial charge in [0.1, 0.15) is 0 Å². The van der Waals surface area contributed by atoms with Crippen LogP contribution < -0.4 is 5.32 Å².